The van der Waals surface area contributed by atoms with Crippen LogP contribution in [0, 0.1) is 10.1 Å². The van der Waals surface area contributed by atoms with Crippen LogP contribution in [0.15, 0.2) is 48.5 Å². The van der Waals surface area contributed by atoms with E-state index < -0.39 is 11.0 Å². The van der Waals surface area contributed by atoms with Crippen molar-refractivity contribution in [3.05, 3.63) is 64.2 Å². The second kappa shape index (κ2) is 5.24. The Kier molecular flexibility index (Phi) is 3.27. The average molecular weight is 284 g/mol. The molecule has 106 valence electrons. The lowest BCUT2D eigenvalue weighted by atomic mass is 10.1. The Bertz CT molecular complexity index is 700. The molecule has 0 radical (unpaired) electrons. The number of nitrogens with zero attached hydrogens (tertiary/aromatic N) is 2. The molecule has 0 N–H and O–H groups in total. The van der Waals surface area contributed by atoms with Gasteiger partial charge in [0.2, 0.25) is 0 Å². The van der Waals surface area contributed by atoms with Crippen LogP contribution < -0.4 is 9.64 Å². The van der Waals surface area contributed by atoms with Crippen molar-refractivity contribution in [3.63, 3.8) is 0 Å². The summed E-state index contributed by atoms with van der Waals surface area (Å²) in [5, 5.41) is 10.8. The third-order valence-electron chi connectivity index (χ3n) is 3.34. The van der Waals surface area contributed by atoms with Gasteiger partial charge in [-0.25, -0.2) is 4.79 Å². The maximum Gasteiger partial charge on any atom is 0.419 e. The number of ether oxygens (including phenoxy) is 1. The van der Waals surface area contributed by atoms with Gasteiger partial charge < -0.3 is 4.74 Å². The third kappa shape index (κ3) is 2.55. The van der Waals surface area contributed by atoms with Crippen molar-refractivity contribution in [2.45, 2.75) is 6.42 Å². The summed E-state index contributed by atoms with van der Waals surface area (Å²) in [7, 11) is 0. The summed E-state index contributed by atoms with van der Waals surface area (Å²) < 4.78 is 5.27. The molecule has 2 aromatic carbocycles. The fourth-order valence-corrected chi connectivity index (χ4v) is 2.32. The summed E-state index contributed by atoms with van der Waals surface area (Å²) in [6.07, 6.45) is 0.137. The summed E-state index contributed by atoms with van der Waals surface area (Å²) in [5.74, 6) is 0.446. The lowest BCUT2D eigenvalue weighted by Gasteiger charge is -2.16. The van der Waals surface area contributed by atoms with Gasteiger partial charge in [0, 0.05) is 18.7 Å². The molecule has 6 nitrogen and oxygen atoms in total. The van der Waals surface area contributed by atoms with Crippen molar-refractivity contribution < 1.29 is 14.5 Å². The SMILES string of the molecule is O=C(Oc1ccccc1)N1CCc2ccc([N+](=O)[O-])cc21. The zero-order valence-corrected chi connectivity index (χ0v) is 11.1. The first-order chi connectivity index (χ1) is 10.1. The van der Waals surface area contributed by atoms with Crippen LogP contribution in [0.3, 0.4) is 0 Å². The normalized spacial score (nSPS) is 12.9. The molecule has 0 unspecified atom stereocenters. The summed E-state index contributed by atoms with van der Waals surface area (Å²) >= 11 is 0. The van der Waals surface area contributed by atoms with Crippen LogP contribution >= 0.6 is 0 Å². The Hall–Kier alpha value is -2.89. The fourth-order valence-electron chi connectivity index (χ4n) is 2.32. The van der Waals surface area contributed by atoms with Crippen LogP contribution in [-0.2, 0) is 6.42 Å². The Morgan fingerprint density at radius 2 is 1.95 bits per heavy atom. The minimum atomic E-state index is -0.527. The monoisotopic (exact) mass is 284 g/mol. The molecule has 0 aliphatic carbocycles. The van der Waals surface area contributed by atoms with Gasteiger partial charge in [-0.2, -0.15) is 0 Å². The summed E-state index contributed by atoms with van der Waals surface area (Å²) in [5.41, 5.74) is 1.42. The number of carbonyl (C=O) groups is 1. The number of nitro groups is 1. The number of non-ortho nitro benzene ring substituents is 1. The molecule has 21 heavy (non-hydrogen) atoms. The molecule has 0 saturated heterocycles. The van der Waals surface area contributed by atoms with Crippen LogP contribution in [-0.4, -0.2) is 17.6 Å². The Balaban J connectivity index is 1.84. The van der Waals surface area contributed by atoms with E-state index >= 15 is 0 Å². The van der Waals surface area contributed by atoms with Gasteiger partial charge in [-0.15, -0.1) is 0 Å². The molecular formula is C15H12N2O4. The number of hydrogen-bond acceptors (Lipinski definition) is 4. The van der Waals surface area contributed by atoms with Crippen LogP contribution in [0.25, 0.3) is 0 Å². The highest BCUT2D eigenvalue weighted by atomic mass is 16.6. The molecule has 0 aromatic heterocycles. The minimum Gasteiger partial charge on any atom is -0.410 e. The second-order valence-corrected chi connectivity index (χ2v) is 4.65. The number of hydrogen-bond donors (Lipinski definition) is 0. The van der Waals surface area contributed by atoms with E-state index in [-0.39, 0.29) is 5.69 Å². The maximum absolute atomic E-state index is 12.2. The smallest absolute Gasteiger partial charge is 0.410 e. The molecule has 0 atom stereocenters. The van der Waals surface area contributed by atoms with E-state index in [4.69, 9.17) is 4.74 Å². The van der Waals surface area contributed by atoms with E-state index in [9.17, 15) is 14.9 Å². The third-order valence-corrected chi connectivity index (χ3v) is 3.34. The molecule has 1 amide bonds. The molecular weight excluding hydrogens is 272 g/mol. The van der Waals surface area contributed by atoms with E-state index in [1.807, 2.05) is 6.07 Å². The van der Waals surface area contributed by atoms with Gasteiger partial charge in [0.1, 0.15) is 5.75 Å². The Morgan fingerprint density at radius 3 is 2.67 bits per heavy atom. The highest BCUT2D eigenvalue weighted by Gasteiger charge is 2.28. The first-order valence-corrected chi connectivity index (χ1v) is 6.47. The highest BCUT2D eigenvalue weighted by molar-refractivity contribution is 5.92. The number of para-hydroxylation sites is 1. The van der Waals surface area contributed by atoms with Crippen LogP contribution in [0.4, 0.5) is 16.2 Å². The van der Waals surface area contributed by atoms with Crippen LogP contribution in [0.5, 0.6) is 5.75 Å². The van der Waals surface area contributed by atoms with Crippen LogP contribution in [0.1, 0.15) is 5.56 Å². The Labute approximate surface area is 120 Å². The lowest BCUT2D eigenvalue weighted by molar-refractivity contribution is -0.384. The first kappa shape index (κ1) is 13.1. The molecule has 0 bridgehead atoms. The number of rotatable bonds is 2. The van der Waals surface area contributed by atoms with Crippen molar-refractivity contribution in [2.75, 3.05) is 11.4 Å². The minimum absolute atomic E-state index is 0.0341. The number of carbonyl (C=O) groups excluding carboxylic acids is 1. The van der Waals surface area contributed by atoms with Crippen molar-refractivity contribution >= 4 is 17.5 Å². The molecule has 6 heteroatoms. The van der Waals surface area contributed by atoms with Crippen molar-refractivity contribution in [2.24, 2.45) is 0 Å². The summed E-state index contributed by atoms with van der Waals surface area (Å²) in [4.78, 5) is 24.0. The van der Waals surface area contributed by atoms with Gasteiger partial charge in [0.05, 0.1) is 10.6 Å². The number of benzene rings is 2. The number of nitro benzene ring substituents is 1. The largest absolute Gasteiger partial charge is 0.419 e. The van der Waals surface area contributed by atoms with Gasteiger partial charge in [-0.05, 0) is 24.1 Å². The lowest BCUT2D eigenvalue weighted by Crippen LogP contribution is -2.31. The van der Waals surface area contributed by atoms with Gasteiger partial charge >= 0.3 is 6.09 Å². The van der Waals surface area contributed by atoms with Crippen molar-refractivity contribution in [1.82, 2.24) is 0 Å². The highest BCUT2D eigenvalue weighted by Crippen LogP contribution is 2.32. The first-order valence-electron chi connectivity index (χ1n) is 6.47. The van der Waals surface area contributed by atoms with Gasteiger partial charge in [-0.3, -0.25) is 15.0 Å². The number of anilines is 1. The number of amides is 1. The van der Waals surface area contributed by atoms with Crippen molar-refractivity contribution in [3.8, 4) is 5.75 Å². The van der Waals surface area contributed by atoms with Gasteiger partial charge in [0.15, 0.2) is 0 Å². The van der Waals surface area contributed by atoms with E-state index in [1.165, 1.54) is 17.0 Å². The molecule has 0 spiro atoms. The van der Waals surface area contributed by atoms with Gasteiger partial charge in [0.25, 0.3) is 5.69 Å². The standard InChI is InChI=1S/C15H12N2O4/c18-15(21-13-4-2-1-3-5-13)16-9-8-11-6-7-12(17(19)20)10-14(11)16/h1-7,10H,8-9H2. The van der Waals surface area contributed by atoms with E-state index in [0.29, 0.717) is 24.4 Å². The van der Waals surface area contributed by atoms with Crippen LogP contribution in [0.2, 0.25) is 0 Å². The molecule has 2 aromatic rings. The molecule has 3 rings (SSSR count). The molecule has 1 heterocycles. The fraction of sp³-hybridized carbons (Fsp3) is 0.133. The van der Waals surface area contributed by atoms with Crippen molar-refractivity contribution in [1.29, 1.82) is 0 Å². The molecule has 1 aliphatic heterocycles. The predicted octanol–water partition coefficient (Wildman–Crippen LogP) is 3.16. The maximum atomic E-state index is 12.2. The van der Waals surface area contributed by atoms with E-state index in [0.717, 1.165) is 5.56 Å². The van der Waals surface area contributed by atoms with E-state index in [2.05, 4.69) is 0 Å². The quantitative estimate of drug-likeness (QED) is 0.627. The zero-order valence-electron chi connectivity index (χ0n) is 11.1. The predicted molar refractivity (Wildman–Crippen MR) is 76.6 cm³/mol. The molecule has 0 saturated carbocycles. The van der Waals surface area contributed by atoms with Gasteiger partial charge in [-0.1, -0.05) is 24.3 Å². The zero-order chi connectivity index (χ0) is 14.8. The molecule has 0 fully saturated rings. The second-order valence-electron chi connectivity index (χ2n) is 4.65. The average Bonchev–Trinajstić information content (AvgIpc) is 2.91. The summed E-state index contributed by atoms with van der Waals surface area (Å²) in [6, 6.07) is 13.3. The summed E-state index contributed by atoms with van der Waals surface area (Å²) in [6.45, 7) is 0.460. The molecule has 1 aliphatic rings. The van der Waals surface area contributed by atoms with E-state index in [1.54, 1.807) is 30.3 Å². The topological polar surface area (TPSA) is 72.7 Å². The Morgan fingerprint density at radius 1 is 1.19 bits per heavy atom. The number of fused-ring (bicyclic) bond motifs is 1.